The fraction of sp³-hybridized carbons (Fsp3) is 0.600. The van der Waals surface area contributed by atoms with Gasteiger partial charge >= 0.3 is 0 Å². The number of nitrogens with zero attached hydrogens (tertiary/aromatic N) is 2. The lowest BCUT2D eigenvalue weighted by molar-refractivity contribution is 0.130. The van der Waals surface area contributed by atoms with Crippen molar-refractivity contribution in [2.45, 2.75) is 32.3 Å². The smallest absolute Gasteiger partial charge is 0.163 e. The molecule has 1 rings (SSSR count). The second kappa shape index (κ2) is 5.14. The molecule has 1 aromatic heterocycles. The van der Waals surface area contributed by atoms with E-state index in [1.165, 1.54) is 0 Å². The molecule has 0 unspecified atom stereocenters. The quantitative estimate of drug-likeness (QED) is 0.604. The highest BCUT2D eigenvalue weighted by Gasteiger charge is 2.13. The van der Waals surface area contributed by atoms with Crippen LogP contribution in [0.5, 0.6) is 0 Å². The van der Waals surface area contributed by atoms with Crippen LogP contribution in [0.2, 0.25) is 25.7 Å². The molecule has 0 atom stereocenters. The SMILES string of the molecule is C[Si](C)(C)CCOCc1[nH]nc(N)c1C#N. The van der Waals surface area contributed by atoms with E-state index in [2.05, 4.69) is 29.8 Å². The molecule has 0 aromatic carbocycles. The van der Waals surface area contributed by atoms with E-state index in [9.17, 15) is 0 Å². The maximum absolute atomic E-state index is 8.84. The number of hydrogen-bond donors (Lipinski definition) is 2. The molecular formula is C10H18N4OSi. The van der Waals surface area contributed by atoms with Crippen LogP contribution in [0.1, 0.15) is 11.3 Å². The zero-order valence-corrected chi connectivity index (χ0v) is 11.0. The Morgan fingerprint density at radius 3 is 2.75 bits per heavy atom. The molecule has 0 saturated carbocycles. The maximum atomic E-state index is 8.84. The number of aromatic nitrogens is 2. The van der Waals surface area contributed by atoms with Gasteiger partial charge in [-0.2, -0.15) is 10.4 Å². The summed E-state index contributed by atoms with van der Waals surface area (Å²) in [6.45, 7) is 7.98. The van der Waals surface area contributed by atoms with Crippen LogP contribution < -0.4 is 5.73 Å². The lowest BCUT2D eigenvalue weighted by Crippen LogP contribution is -2.21. The highest BCUT2D eigenvalue weighted by atomic mass is 28.3. The molecule has 0 saturated heterocycles. The average Bonchev–Trinajstić information content (AvgIpc) is 2.52. The van der Waals surface area contributed by atoms with Gasteiger partial charge in [0.15, 0.2) is 5.82 Å². The Morgan fingerprint density at radius 1 is 1.50 bits per heavy atom. The number of ether oxygens (including phenoxy) is 1. The molecule has 1 heterocycles. The van der Waals surface area contributed by atoms with Crippen LogP contribution in [-0.4, -0.2) is 24.9 Å². The highest BCUT2D eigenvalue weighted by molar-refractivity contribution is 6.76. The number of nitrogens with two attached hydrogens (primary N) is 1. The minimum absolute atomic E-state index is 0.242. The first-order valence-electron chi connectivity index (χ1n) is 5.24. The van der Waals surface area contributed by atoms with Crippen molar-refractivity contribution in [1.29, 1.82) is 5.26 Å². The number of aromatic amines is 1. The second-order valence-electron chi connectivity index (χ2n) is 4.94. The normalized spacial score (nSPS) is 11.4. The number of nitrogens with one attached hydrogen (secondary N) is 1. The number of nitrogen functional groups attached to an aromatic ring is 1. The van der Waals surface area contributed by atoms with Gasteiger partial charge in [0.1, 0.15) is 11.6 Å². The van der Waals surface area contributed by atoms with Gasteiger partial charge in [0, 0.05) is 14.7 Å². The lowest BCUT2D eigenvalue weighted by atomic mass is 10.2. The molecule has 88 valence electrons. The van der Waals surface area contributed by atoms with Crippen molar-refractivity contribution in [3.63, 3.8) is 0 Å². The molecule has 0 bridgehead atoms. The Morgan fingerprint density at radius 2 is 2.19 bits per heavy atom. The third kappa shape index (κ3) is 3.68. The molecule has 3 N–H and O–H groups in total. The van der Waals surface area contributed by atoms with Crippen molar-refractivity contribution in [3.8, 4) is 6.07 Å². The molecule has 6 heteroatoms. The largest absolute Gasteiger partial charge is 0.381 e. The van der Waals surface area contributed by atoms with Gasteiger partial charge in [-0.3, -0.25) is 5.10 Å². The van der Waals surface area contributed by atoms with Crippen LogP contribution >= 0.6 is 0 Å². The Labute approximate surface area is 96.6 Å². The first kappa shape index (κ1) is 12.7. The maximum Gasteiger partial charge on any atom is 0.163 e. The zero-order chi connectivity index (χ0) is 12.2. The van der Waals surface area contributed by atoms with Crippen molar-refractivity contribution in [3.05, 3.63) is 11.3 Å². The van der Waals surface area contributed by atoms with Crippen LogP contribution in [0.4, 0.5) is 5.82 Å². The summed E-state index contributed by atoms with van der Waals surface area (Å²) in [5.74, 6) is 0.242. The Bertz CT molecular complexity index is 389. The third-order valence-electron chi connectivity index (χ3n) is 2.22. The lowest BCUT2D eigenvalue weighted by Gasteiger charge is -2.14. The fourth-order valence-corrected chi connectivity index (χ4v) is 1.93. The minimum atomic E-state index is -1.05. The van der Waals surface area contributed by atoms with E-state index in [1.54, 1.807) is 0 Å². The Balaban J connectivity index is 2.41. The summed E-state index contributed by atoms with van der Waals surface area (Å²) in [6, 6.07) is 3.12. The first-order chi connectivity index (χ1) is 7.44. The highest BCUT2D eigenvalue weighted by Crippen LogP contribution is 2.13. The number of rotatable bonds is 5. The van der Waals surface area contributed by atoms with E-state index in [0.717, 1.165) is 12.7 Å². The number of nitriles is 1. The molecule has 0 radical (unpaired) electrons. The Kier molecular flexibility index (Phi) is 4.10. The molecule has 5 nitrogen and oxygen atoms in total. The zero-order valence-electron chi connectivity index (χ0n) is 10.0. The van der Waals surface area contributed by atoms with Gasteiger partial charge < -0.3 is 10.5 Å². The summed E-state index contributed by atoms with van der Waals surface area (Å²) in [5.41, 5.74) is 6.57. The van der Waals surface area contributed by atoms with Crippen LogP contribution in [0.25, 0.3) is 0 Å². The fourth-order valence-electron chi connectivity index (χ4n) is 1.18. The summed E-state index contributed by atoms with van der Waals surface area (Å²) >= 11 is 0. The molecule has 0 amide bonds. The summed E-state index contributed by atoms with van der Waals surface area (Å²) in [4.78, 5) is 0. The predicted octanol–water partition coefficient (Wildman–Crippen LogP) is 1.72. The van der Waals surface area contributed by atoms with Gasteiger partial charge in [-0.15, -0.1) is 0 Å². The number of hydrogen-bond acceptors (Lipinski definition) is 4. The third-order valence-corrected chi connectivity index (χ3v) is 3.93. The summed E-state index contributed by atoms with van der Waals surface area (Å²) < 4.78 is 5.51. The van der Waals surface area contributed by atoms with Crippen molar-refractivity contribution in [1.82, 2.24) is 10.2 Å². The van der Waals surface area contributed by atoms with E-state index in [-0.39, 0.29) is 5.82 Å². The van der Waals surface area contributed by atoms with Crippen molar-refractivity contribution >= 4 is 13.9 Å². The van der Waals surface area contributed by atoms with Crippen molar-refractivity contribution in [2.75, 3.05) is 12.3 Å². The first-order valence-corrected chi connectivity index (χ1v) is 8.95. The predicted molar refractivity (Wildman–Crippen MR) is 65.5 cm³/mol. The second-order valence-corrected chi connectivity index (χ2v) is 10.6. The van der Waals surface area contributed by atoms with E-state index < -0.39 is 8.07 Å². The molecule has 16 heavy (non-hydrogen) atoms. The average molecular weight is 238 g/mol. The monoisotopic (exact) mass is 238 g/mol. The summed E-state index contributed by atoms with van der Waals surface area (Å²) in [6.07, 6.45) is 0. The van der Waals surface area contributed by atoms with Gasteiger partial charge in [0.05, 0.1) is 12.3 Å². The standard InChI is InChI=1S/C10H18N4OSi/c1-16(2,3)5-4-15-7-9-8(6-11)10(12)14-13-9/h4-5,7H2,1-3H3,(H3,12,13,14). The van der Waals surface area contributed by atoms with Gasteiger partial charge in [-0.1, -0.05) is 19.6 Å². The van der Waals surface area contributed by atoms with E-state index in [1.807, 2.05) is 6.07 Å². The van der Waals surface area contributed by atoms with Crippen LogP contribution in [0, 0.1) is 11.3 Å². The molecular weight excluding hydrogens is 220 g/mol. The van der Waals surface area contributed by atoms with Crippen LogP contribution in [0.15, 0.2) is 0 Å². The van der Waals surface area contributed by atoms with E-state index >= 15 is 0 Å². The van der Waals surface area contributed by atoms with E-state index in [4.69, 9.17) is 15.7 Å². The van der Waals surface area contributed by atoms with Crippen molar-refractivity contribution < 1.29 is 4.74 Å². The number of H-pyrrole nitrogens is 1. The topological polar surface area (TPSA) is 87.7 Å². The van der Waals surface area contributed by atoms with Crippen LogP contribution in [0.3, 0.4) is 0 Å². The minimum Gasteiger partial charge on any atom is -0.381 e. The van der Waals surface area contributed by atoms with Gasteiger partial charge in [-0.25, -0.2) is 0 Å². The molecule has 1 aromatic rings. The van der Waals surface area contributed by atoms with Gasteiger partial charge in [0.25, 0.3) is 0 Å². The summed E-state index contributed by atoms with van der Waals surface area (Å²) in [7, 11) is -1.05. The van der Waals surface area contributed by atoms with Crippen LogP contribution in [-0.2, 0) is 11.3 Å². The summed E-state index contributed by atoms with van der Waals surface area (Å²) in [5, 5.41) is 15.3. The van der Waals surface area contributed by atoms with E-state index in [0.29, 0.717) is 17.9 Å². The number of anilines is 1. The molecule has 0 aliphatic carbocycles. The molecule has 0 aliphatic rings. The Hall–Kier alpha value is -1.32. The molecule has 0 spiro atoms. The molecule has 0 fully saturated rings. The van der Waals surface area contributed by atoms with Crippen molar-refractivity contribution in [2.24, 2.45) is 0 Å². The van der Waals surface area contributed by atoms with Gasteiger partial charge in [-0.05, 0) is 6.04 Å². The molecule has 0 aliphatic heterocycles. The van der Waals surface area contributed by atoms with Gasteiger partial charge in [0.2, 0.25) is 0 Å².